The first kappa shape index (κ1) is 12.8. The zero-order chi connectivity index (χ0) is 13.1. The number of anilines is 1. The lowest BCUT2D eigenvalue weighted by Crippen LogP contribution is -2.57. The number of carbonyl (C=O) groups excluding carboxylic acids is 1. The molecule has 1 aromatic rings. The second kappa shape index (κ2) is 5.35. The first-order chi connectivity index (χ1) is 8.56. The zero-order valence-electron chi connectivity index (χ0n) is 10.6. The number of nitrogens with zero attached hydrogens (tertiary/aromatic N) is 1. The number of amides is 2. The molecule has 1 aliphatic heterocycles. The molecule has 1 heterocycles. The van der Waals surface area contributed by atoms with Crippen molar-refractivity contribution in [3.8, 4) is 0 Å². The number of nitrogens with one attached hydrogen (secondary N) is 2. The Balaban J connectivity index is 2.00. The lowest BCUT2D eigenvalue weighted by atomic mass is 10.1. The van der Waals surface area contributed by atoms with Crippen LogP contribution in [0.5, 0.6) is 0 Å². The van der Waals surface area contributed by atoms with Gasteiger partial charge in [0.1, 0.15) is 5.82 Å². The Morgan fingerprint density at radius 3 is 2.72 bits per heavy atom. The van der Waals surface area contributed by atoms with E-state index >= 15 is 0 Å². The van der Waals surface area contributed by atoms with Gasteiger partial charge < -0.3 is 15.5 Å². The summed E-state index contributed by atoms with van der Waals surface area (Å²) in [5.74, 6) is -0.308. The van der Waals surface area contributed by atoms with Crippen molar-refractivity contribution in [2.45, 2.75) is 25.9 Å². The van der Waals surface area contributed by atoms with Crippen molar-refractivity contribution < 1.29 is 9.18 Å². The molecule has 2 unspecified atom stereocenters. The van der Waals surface area contributed by atoms with Crippen LogP contribution in [0.15, 0.2) is 24.3 Å². The summed E-state index contributed by atoms with van der Waals surface area (Å²) in [6.07, 6.45) is 0. The van der Waals surface area contributed by atoms with E-state index in [0.29, 0.717) is 18.3 Å². The minimum Gasteiger partial charge on any atom is -0.319 e. The van der Waals surface area contributed by atoms with Gasteiger partial charge in [-0.05, 0) is 38.1 Å². The number of piperazine rings is 1. The minimum atomic E-state index is -0.308. The van der Waals surface area contributed by atoms with Crippen LogP contribution >= 0.6 is 0 Å². The van der Waals surface area contributed by atoms with Gasteiger partial charge in [0.05, 0.1) is 0 Å². The molecule has 1 fully saturated rings. The van der Waals surface area contributed by atoms with Crippen LogP contribution in [0.4, 0.5) is 14.9 Å². The SMILES string of the molecule is CC1CN(C(=O)Nc2ccc(F)cc2)C(C)CN1. The maximum Gasteiger partial charge on any atom is 0.322 e. The number of benzene rings is 1. The van der Waals surface area contributed by atoms with Gasteiger partial charge in [-0.2, -0.15) is 0 Å². The molecule has 18 heavy (non-hydrogen) atoms. The minimum absolute atomic E-state index is 0.137. The summed E-state index contributed by atoms with van der Waals surface area (Å²) in [5.41, 5.74) is 0.611. The topological polar surface area (TPSA) is 44.4 Å². The van der Waals surface area contributed by atoms with Gasteiger partial charge in [0.25, 0.3) is 0 Å². The normalized spacial score (nSPS) is 23.8. The Morgan fingerprint density at radius 2 is 2.06 bits per heavy atom. The van der Waals surface area contributed by atoms with Crippen molar-refractivity contribution >= 4 is 11.7 Å². The highest BCUT2D eigenvalue weighted by Crippen LogP contribution is 2.12. The summed E-state index contributed by atoms with van der Waals surface area (Å²) < 4.78 is 12.8. The number of carbonyl (C=O) groups is 1. The Morgan fingerprint density at radius 1 is 1.39 bits per heavy atom. The van der Waals surface area contributed by atoms with Crippen LogP contribution in [-0.2, 0) is 0 Å². The van der Waals surface area contributed by atoms with Crippen molar-refractivity contribution in [3.63, 3.8) is 0 Å². The van der Waals surface area contributed by atoms with Crippen LogP contribution < -0.4 is 10.6 Å². The number of urea groups is 1. The second-order valence-corrected chi connectivity index (χ2v) is 4.75. The number of hydrogen-bond donors (Lipinski definition) is 2. The summed E-state index contributed by atoms with van der Waals surface area (Å²) in [5, 5.41) is 6.10. The van der Waals surface area contributed by atoms with Gasteiger partial charge in [-0.25, -0.2) is 9.18 Å². The highest BCUT2D eigenvalue weighted by atomic mass is 19.1. The third-order valence-corrected chi connectivity index (χ3v) is 3.12. The van der Waals surface area contributed by atoms with Gasteiger partial charge in [0.2, 0.25) is 0 Å². The van der Waals surface area contributed by atoms with E-state index in [9.17, 15) is 9.18 Å². The van der Waals surface area contributed by atoms with Gasteiger partial charge in [0.15, 0.2) is 0 Å². The van der Waals surface area contributed by atoms with Gasteiger partial charge in [0, 0.05) is 30.9 Å². The average Bonchev–Trinajstić information content (AvgIpc) is 2.35. The maximum atomic E-state index is 12.8. The third-order valence-electron chi connectivity index (χ3n) is 3.12. The van der Waals surface area contributed by atoms with E-state index < -0.39 is 0 Å². The molecule has 0 saturated carbocycles. The zero-order valence-corrected chi connectivity index (χ0v) is 10.6. The van der Waals surface area contributed by atoms with E-state index in [1.807, 2.05) is 13.8 Å². The Labute approximate surface area is 106 Å². The van der Waals surface area contributed by atoms with Crippen molar-refractivity contribution in [3.05, 3.63) is 30.1 Å². The maximum absolute atomic E-state index is 12.8. The smallest absolute Gasteiger partial charge is 0.319 e. The number of hydrogen-bond acceptors (Lipinski definition) is 2. The van der Waals surface area contributed by atoms with E-state index in [1.54, 1.807) is 17.0 Å². The molecule has 4 nitrogen and oxygen atoms in total. The molecule has 0 aliphatic carbocycles. The summed E-state index contributed by atoms with van der Waals surface area (Å²) >= 11 is 0. The summed E-state index contributed by atoms with van der Waals surface area (Å²) in [6.45, 7) is 5.51. The Kier molecular flexibility index (Phi) is 3.81. The summed E-state index contributed by atoms with van der Waals surface area (Å²) in [4.78, 5) is 13.9. The Bertz CT molecular complexity index is 421. The van der Waals surface area contributed by atoms with Crippen molar-refractivity contribution in [2.24, 2.45) is 0 Å². The van der Waals surface area contributed by atoms with Gasteiger partial charge in [-0.1, -0.05) is 0 Å². The predicted octanol–water partition coefficient (Wildman–Crippen LogP) is 2.04. The van der Waals surface area contributed by atoms with Crippen molar-refractivity contribution in [1.29, 1.82) is 0 Å². The molecule has 98 valence electrons. The van der Waals surface area contributed by atoms with Crippen LogP contribution in [0, 0.1) is 5.82 Å². The van der Waals surface area contributed by atoms with Gasteiger partial charge >= 0.3 is 6.03 Å². The highest BCUT2D eigenvalue weighted by Gasteiger charge is 2.26. The molecule has 0 bridgehead atoms. The largest absolute Gasteiger partial charge is 0.322 e. The fourth-order valence-corrected chi connectivity index (χ4v) is 2.03. The highest BCUT2D eigenvalue weighted by molar-refractivity contribution is 5.89. The molecule has 1 aromatic carbocycles. The lowest BCUT2D eigenvalue weighted by Gasteiger charge is -2.37. The molecule has 1 saturated heterocycles. The van der Waals surface area contributed by atoms with Crippen molar-refractivity contribution in [2.75, 3.05) is 18.4 Å². The Hall–Kier alpha value is -1.62. The quantitative estimate of drug-likeness (QED) is 0.802. The van der Waals surface area contributed by atoms with Crippen LogP contribution in [0.1, 0.15) is 13.8 Å². The van der Waals surface area contributed by atoms with Crippen LogP contribution in [0.2, 0.25) is 0 Å². The first-order valence-electron chi connectivity index (χ1n) is 6.13. The van der Waals surface area contributed by atoms with Crippen LogP contribution in [-0.4, -0.2) is 36.1 Å². The molecule has 2 atom stereocenters. The second-order valence-electron chi connectivity index (χ2n) is 4.75. The summed E-state index contributed by atoms with van der Waals surface area (Å²) in [6, 6.07) is 6.09. The molecule has 0 spiro atoms. The molecule has 5 heteroatoms. The lowest BCUT2D eigenvalue weighted by molar-refractivity contribution is 0.161. The van der Waals surface area contributed by atoms with Gasteiger partial charge in [-0.3, -0.25) is 0 Å². The fraction of sp³-hybridized carbons (Fsp3) is 0.462. The molecule has 2 rings (SSSR count). The number of rotatable bonds is 1. The molecule has 0 radical (unpaired) electrons. The standard InChI is InChI=1S/C13H18FN3O/c1-9-8-17(10(2)7-15-9)13(18)16-12-5-3-11(14)4-6-12/h3-6,9-10,15H,7-8H2,1-2H3,(H,16,18). The molecule has 0 aromatic heterocycles. The van der Waals surface area contributed by atoms with Crippen molar-refractivity contribution in [1.82, 2.24) is 10.2 Å². The van der Waals surface area contributed by atoms with E-state index in [0.717, 1.165) is 6.54 Å². The molecular weight excluding hydrogens is 233 g/mol. The molecule has 1 aliphatic rings. The van der Waals surface area contributed by atoms with E-state index in [-0.39, 0.29) is 17.9 Å². The monoisotopic (exact) mass is 251 g/mol. The molecular formula is C13H18FN3O. The number of halogens is 1. The molecule has 2 amide bonds. The van der Waals surface area contributed by atoms with Crippen LogP contribution in [0.3, 0.4) is 0 Å². The van der Waals surface area contributed by atoms with Crippen LogP contribution in [0.25, 0.3) is 0 Å². The molecule has 2 N–H and O–H groups in total. The van der Waals surface area contributed by atoms with Gasteiger partial charge in [-0.15, -0.1) is 0 Å². The fourth-order valence-electron chi connectivity index (χ4n) is 2.03. The van der Waals surface area contributed by atoms with E-state index in [1.165, 1.54) is 12.1 Å². The van der Waals surface area contributed by atoms with E-state index in [4.69, 9.17) is 0 Å². The first-order valence-corrected chi connectivity index (χ1v) is 6.13. The predicted molar refractivity (Wildman–Crippen MR) is 69.1 cm³/mol. The average molecular weight is 251 g/mol. The summed E-state index contributed by atoms with van der Waals surface area (Å²) in [7, 11) is 0. The van der Waals surface area contributed by atoms with E-state index in [2.05, 4.69) is 10.6 Å². The third kappa shape index (κ3) is 2.98.